The van der Waals surface area contributed by atoms with Gasteiger partial charge >= 0.3 is 0 Å². The van der Waals surface area contributed by atoms with Crippen molar-refractivity contribution in [1.29, 1.82) is 0 Å². The third-order valence-corrected chi connectivity index (χ3v) is 4.60. The normalized spacial score (nSPS) is 13.0. The van der Waals surface area contributed by atoms with Crippen LogP contribution >= 0.6 is 11.3 Å². The van der Waals surface area contributed by atoms with Gasteiger partial charge in [0, 0.05) is 29.8 Å². The summed E-state index contributed by atoms with van der Waals surface area (Å²) >= 11 is 1.55. The fraction of sp³-hybridized carbons (Fsp3) is 0.235. The van der Waals surface area contributed by atoms with E-state index in [1.807, 2.05) is 31.2 Å². The molecule has 2 aromatic rings. The Balaban J connectivity index is 1.55. The van der Waals surface area contributed by atoms with Crippen LogP contribution in [0.4, 0.5) is 0 Å². The van der Waals surface area contributed by atoms with E-state index in [0.717, 1.165) is 21.1 Å². The number of allylic oxidation sites excluding steroid dienone is 1. The molecule has 112 valence electrons. The van der Waals surface area contributed by atoms with Crippen molar-refractivity contribution in [2.45, 2.75) is 19.8 Å². The molecule has 0 aliphatic heterocycles. The largest absolute Gasteiger partial charge is 0.352 e. The van der Waals surface area contributed by atoms with Gasteiger partial charge in [0.15, 0.2) is 5.78 Å². The number of rotatable bonds is 4. The summed E-state index contributed by atoms with van der Waals surface area (Å²) in [5.41, 5.74) is 2.69. The number of nitrogens with zero attached hydrogens (tertiary/aromatic N) is 1. The van der Waals surface area contributed by atoms with Gasteiger partial charge in [-0.3, -0.25) is 9.59 Å². The average Bonchev–Trinajstić information content (AvgIpc) is 2.89. The van der Waals surface area contributed by atoms with E-state index in [1.54, 1.807) is 23.5 Å². The highest BCUT2D eigenvalue weighted by molar-refractivity contribution is 7.12. The van der Waals surface area contributed by atoms with Gasteiger partial charge in [0.25, 0.3) is 5.91 Å². The van der Waals surface area contributed by atoms with Crippen LogP contribution in [0.5, 0.6) is 0 Å². The van der Waals surface area contributed by atoms with Gasteiger partial charge in [-0.05, 0) is 31.2 Å². The molecular weight excluding hydrogens is 296 g/mol. The molecule has 4 nitrogen and oxygen atoms in total. The minimum Gasteiger partial charge on any atom is -0.352 e. The smallest absolute Gasteiger partial charge is 0.251 e. The number of aromatic nitrogens is 1. The topological polar surface area (TPSA) is 59.1 Å². The number of aryl methyl sites for hydroxylation is 1. The summed E-state index contributed by atoms with van der Waals surface area (Å²) in [7, 11) is 0. The molecule has 1 aliphatic carbocycles. The summed E-state index contributed by atoms with van der Waals surface area (Å²) in [6.07, 6.45) is 4.47. The number of nitrogens with one attached hydrogen (secondary N) is 1. The quantitative estimate of drug-likeness (QED) is 0.944. The Labute approximate surface area is 132 Å². The van der Waals surface area contributed by atoms with Crippen LogP contribution in [0.25, 0.3) is 6.08 Å². The first-order valence-electron chi connectivity index (χ1n) is 7.16. The molecule has 0 atom stereocenters. The molecule has 1 N–H and O–H groups in total. The predicted molar refractivity (Wildman–Crippen MR) is 87.1 cm³/mol. The van der Waals surface area contributed by atoms with E-state index in [1.165, 1.54) is 0 Å². The van der Waals surface area contributed by atoms with Crippen LogP contribution in [-0.2, 0) is 17.6 Å². The third-order valence-electron chi connectivity index (χ3n) is 3.47. The molecule has 0 bridgehead atoms. The first kappa shape index (κ1) is 14.7. The second kappa shape index (κ2) is 6.23. The highest BCUT2D eigenvalue weighted by Crippen LogP contribution is 2.24. The van der Waals surface area contributed by atoms with Gasteiger partial charge in [0.2, 0.25) is 0 Å². The standard InChI is InChI=1S/C17H16N2O2S/c1-11-2-4-12(5-3-11)17(21)18-9-8-16-19-14-7-6-13(20)10-15(14)22-16/h2-7H,8-10H2,1H3,(H,18,21). The Kier molecular flexibility index (Phi) is 4.15. The van der Waals surface area contributed by atoms with E-state index in [2.05, 4.69) is 10.3 Å². The Bertz CT molecular complexity index is 745. The van der Waals surface area contributed by atoms with E-state index in [-0.39, 0.29) is 11.7 Å². The van der Waals surface area contributed by atoms with Crippen molar-refractivity contribution in [1.82, 2.24) is 10.3 Å². The van der Waals surface area contributed by atoms with E-state index in [9.17, 15) is 9.59 Å². The zero-order valence-electron chi connectivity index (χ0n) is 12.3. The van der Waals surface area contributed by atoms with Gasteiger partial charge in [-0.15, -0.1) is 11.3 Å². The lowest BCUT2D eigenvalue weighted by molar-refractivity contribution is -0.114. The lowest BCUT2D eigenvalue weighted by Crippen LogP contribution is -2.25. The molecule has 1 amide bonds. The van der Waals surface area contributed by atoms with Gasteiger partial charge in [-0.25, -0.2) is 4.98 Å². The summed E-state index contributed by atoms with van der Waals surface area (Å²) in [6.45, 7) is 2.53. The van der Waals surface area contributed by atoms with E-state index in [0.29, 0.717) is 24.9 Å². The van der Waals surface area contributed by atoms with E-state index < -0.39 is 0 Å². The van der Waals surface area contributed by atoms with Crippen molar-refractivity contribution in [2.24, 2.45) is 0 Å². The number of hydrogen-bond donors (Lipinski definition) is 1. The van der Waals surface area contributed by atoms with Crippen molar-refractivity contribution in [3.05, 3.63) is 57.0 Å². The third kappa shape index (κ3) is 3.31. The number of carbonyl (C=O) groups excluding carboxylic acids is 2. The van der Waals surface area contributed by atoms with Crippen molar-refractivity contribution < 1.29 is 9.59 Å². The molecule has 0 radical (unpaired) electrons. The molecule has 0 unspecified atom stereocenters. The molecule has 0 saturated carbocycles. The lowest BCUT2D eigenvalue weighted by atomic mass is 10.1. The highest BCUT2D eigenvalue weighted by atomic mass is 32.1. The van der Waals surface area contributed by atoms with Crippen LogP contribution in [0, 0.1) is 6.92 Å². The zero-order chi connectivity index (χ0) is 15.5. The van der Waals surface area contributed by atoms with Gasteiger partial charge < -0.3 is 5.32 Å². The number of hydrogen-bond acceptors (Lipinski definition) is 4. The minimum absolute atomic E-state index is 0.0728. The van der Waals surface area contributed by atoms with E-state index >= 15 is 0 Å². The Morgan fingerprint density at radius 1 is 1.27 bits per heavy atom. The number of ketones is 1. The van der Waals surface area contributed by atoms with Gasteiger partial charge in [-0.1, -0.05) is 17.7 Å². The Morgan fingerprint density at radius 3 is 2.82 bits per heavy atom. The first-order chi connectivity index (χ1) is 10.6. The summed E-state index contributed by atoms with van der Waals surface area (Å²) in [5, 5.41) is 3.85. The highest BCUT2D eigenvalue weighted by Gasteiger charge is 2.15. The monoisotopic (exact) mass is 312 g/mol. The van der Waals surface area contributed by atoms with Crippen LogP contribution in [0.1, 0.15) is 31.5 Å². The van der Waals surface area contributed by atoms with Gasteiger partial charge in [-0.2, -0.15) is 0 Å². The van der Waals surface area contributed by atoms with Crippen LogP contribution < -0.4 is 5.32 Å². The van der Waals surface area contributed by atoms with E-state index in [4.69, 9.17) is 0 Å². The number of benzene rings is 1. The number of amides is 1. The SMILES string of the molecule is Cc1ccc(C(=O)NCCc2nc3c(s2)CC(=O)C=C3)cc1. The van der Waals surface area contributed by atoms with Crippen molar-refractivity contribution >= 4 is 29.1 Å². The first-order valence-corrected chi connectivity index (χ1v) is 7.98. The Hall–Kier alpha value is -2.27. The van der Waals surface area contributed by atoms with Crippen LogP contribution in [-0.4, -0.2) is 23.2 Å². The molecule has 0 saturated heterocycles. The van der Waals surface area contributed by atoms with Crippen LogP contribution in [0.15, 0.2) is 30.3 Å². The number of fused-ring (bicyclic) bond motifs is 1. The summed E-state index contributed by atoms with van der Waals surface area (Å²) in [6, 6.07) is 7.49. The van der Waals surface area contributed by atoms with Crippen LogP contribution in [0.2, 0.25) is 0 Å². The molecular formula is C17H16N2O2S. The average molecular weight is 312 g/mol. The lowest BCUT2D eigenvalue weighted by Gasteiger charge is -2.04. The van der Waals surface area contributed by atoms with Crippen molar-refractivity contribution in [3.63, 3.8) is 0 Å². The maximum atomic E-state index is 12.0. The maximum Gasteiger partial charge on any atom is 0.251 e. The molecule has 22 heavy (non-hydrogen) atoms. The molecule has 0 spiro atoms. The second-order valence-electron chi connectivity index (χ2n) is 5.26. The van der Waals surface area contributed by atoms with Crippen LogP contribution in [0.3, 0.4) is 0 Å². The molecule has 3 rings (SSSR count). The fourth-order valence-electron chi connectivity index (χ4n) is 2.26. The maximum absolute atomic E-state index is 12.0. The summed E-state index contributed by atoms with van der Waals surface area (Å²) in [4.78, 5) is 28.9. The van der Waals surface area contributed by atoms with Crippen molar-refractivity contribution in [3.8, 4) is 0 Å². The van der Waals surface area contributed by atoms with Gasteiger partial charge in [0.1, 0.15) is 0 Å². The molecule has 1 aromatic heterocycles. The molecule has 5 heteroatoms. The second-order valence-corrected chi connectivity index (χ2v) is 6.43. The molecule has 0 fully saturated rings. The minimum atomic E-state index is -0.0728. The zero-order valence-corrected chi connectivity index (χ0v) is 13.1. The molecule has 1 aromatic carbocycles. The number of carbonyl (C=O) groups is 2. The molecule has 1 heterocycles. The fourth-order valence-corrected chi connectivity index (χ4v) is 3.32. The van der Waals surface area contributed by atoms with Crippen molar-refractivity contribution in [2.75, 3.05) is 6.54 Å². The summed E-state index contributed by atoms with van der Waals surface area (Å²) < 4.78 is 0. The predicted octanol–water partition coefficient (Wildman–Crippen LogP) is 2.56. The summed E-state index contributed by atoms with van der Waals surface area (Å²) in [5.74, 6) is 0.0479. The Morgan fingerprint density at radius 2 is 2.05 bits per heavy atom. The van der Waals surface area contributed by atoms with Gasteiger partial charge in [0.05, 0.1) is 10.7 Å². The molecule has 1 aliphatic rings. The number of thiazole rings is 1.